The Morgan fingerprint density at radius 3 is 2.95 bits per heavy atom. The number of aryl methyl sites for hydroxylation is 1. The summed E-state index contributed by atoms with van der Waals surface area (Å²) < 4.78 is 0. The molecule has 0 radical (unpaired) electrons. The van der Waals surface area contributed by atoms with Gasteiger partial charge < -0.3 is 10.2 Å². The van der Waals surface area contributed by atoms with Crippen molar-refractivity contribution in [1.29, 1.82) is 0 Å². The lowest BCUT2D eigenvalue weighted by Crippen LogP contribution is -2.46. The fraction of sp³-hybridized carbons (Fsp3) is 0.176. The highest BCUT2D eigenvalue weighted by atomic mass is 35.5. The normalized spacial score (nSPS) is 20.7. The van der Waals surface area contributed by atoms with Gasteiger partial charge in [-0.1, -0.05) is 35.9 Å². The lowest BCUT2D eigenvalue weighted by molar-refractivity contribution is 0.887. The number of aliphatic imine (C=N–C) groups is 2. The van der Waals surface area contributed by atoms with E-state index in [9.17, 15) is 0 Å². The van der Waals surface area contributed by atoms with E-state index >= 15 is 0 Å². The van der Waals surface area contributed by atoms with Gasteiger partial charge in [-0.05, 0) is 30.7 Å². The monoisotopic (exact) mass is 310 g/mol. The Balaban J connectivity index is 1.82. The van der Waals surface area contributed by atoms with E-state index in [-0.39, 0.29) is 6.04 Å². The van der Waals surface area contributed by atoms with Crippen LogP contribution in [0.5, 0.6) is 0 Å². The van der Waals surface area contributed by atoms with Gasteiger partial charge in [-0.3, -0.25) is 4.99 Å². The molecule has 4 rings (SSSR count). The molecule has 0 saturated carbocycles. The van der Waals surface area contributed by atoms with Gasteiger partial charge in [0, 0.05) is 0 Å². The summed E-state index contributed by atoms with van der Waals surface area (Å²) in [5.41, 5.74) is 4.04. The Labute approximate surface area is 134 Å². The molecule has 5 heteroatoms. The molecule has 0 aliphatic carbocycles. The number of hydrogen-bond donors (Lipinski definition) is 1. The summed E-state index contributed by atoms with van der Waals surface area (Å²) >= 11 is 6.31. The predicted molar refractivity (Wildman–Crippen MR) is 93.0 cm³/mol. The number of anilines is 2. The lowest BCUT2D eigenvalue weighted by Gasteiger charge is -2.33. The Bertz CT molecular complexity index is 777. The minimum atomic E-state index is 0.102. The second kappa shape index (κ2) is 5.14. The third kappa shape index (κ3) is 2.07. The molecule has 0 aromatic heterocycles. The second-order valence-electron chi connectivity index (χ2n) is 5.45. The van der Waals surface area contributed by atoms with Crippen molar-refractivity contribution in [3.8, 4) is 0 Å². The van der Waals surface area contributed by atoms with Crippen molar-refractivity contribution >= 4 is 40.8 Å². The van der Waals surface area contributed by atoms with Crippen LogP contribution in [0.15, 0.2) is 52.4 Å². The van der Waals surface area contributed by atoms with Crippen LogP contribution < -0.4 is 10.2 Å². The number of benzene rings is 2. The molecule has 0 amide bonds. The number of rotatable bonds is 1. The first-order valence-corrected chi connectivity index (χ1v) is 7.60. The number of amidine groups is 1. The van der Waals surface area contributed by atoms with Crippen LogP contribution >= 0.6 is 11.6 Å². The van der Waals surface area contributed by atoms with Crippen LogP contribution in [0.25, 0.3) is 0 Å². The molecule has 0 saturated heterocycles. The number of nitrogens with one attached hydrogen (secondary N) is 1. The molecule has 2 aliphatic rings. The average molecular weight is 311 g/mol. The van der Waals surface area contributed by atoms with E-state index in [1.165, 1.54) is 0 Å². The van der Waals surface area contributed by atoms with Gasteiger partial charge in [-0.2, -0.15) is 0 Å². The Morgan fingerprint density at radius 2 is 2.09 bits per heavy atom. The Morgan fingerprint density at radius 1 is 1.23 bits per heavy atom. The van der Waals surface area contributed by atoms with E-state index < -0.39 is 0 Å². The van der Waals surface area contributed by atoms with E-state index in [2.05, 4.69) is 21.3 Å². The van der Waals surface area contributed by atoms with Gasteiger partial charge in [-0.15, -0.1) is 0 Å². The van der Waals surface area contributed by atoms with Gasteiger partial charge in [0.25, 0.3) is 0 Å². The molecule has 110 valence electrons. The van der Waals surface area contributed by atoms with Crippen LogP contribution in [0.4, 0.5) is 17.1 Å². The van der Waals surface area contributed by atoms with Crippen LogP contribution in [0, 0.1) is 6.92 Å². The molecule has 0 bridgehead atoms. The van der Waals surface area contributed by atoms with Gasteiger partial charge in [0.1, 0.15) is 11.9 Å². The average Bonchev–Trinajstić information content (AvgIpc) is 3.01. The SMILES string of the molecule is Cc1cccc(Cl)c1N=C1Nc2ccccc2N2C=NCC12. The van der Waals surface area contributed by atoms with Crippen molar-refractivity contribution < 1.29 is 0 Å². The van der Waals surface area contributed by atoms with Gasteiger partial charge in [0.15, 0.2) is 0 Å². The first-order valence-electron chi connectivity index (χ1n) is 7.22. The molecule has 4 nitrogen and oxygen atoms in total. The molecule has 1 N–H and O–H groups in total. The van der Waals surface area contributed by atoms with Crippen LogP contribution in [0.1, 0.15) is 5.56 Å². The number of hydrogen-bond acceptors (Lipinski definition) is 3. The second-order valence-corrected chi connectivity index (χ2v) is 5.86. The molecule has 2 aromatic carbocycles. The van der Waals surface area contributed by atoms with E-state index in [0.29, 0.717) is 11.6 Å². The van der Waals surface area contributed by atoms with Gasteiger partial charge in [0.2, 0.25) is 0 Å². The summed E-state index contributed by atoms with van der Waals surface area (Å²) in [5, 5.41) is 4.11. The Kier molecular flexibility index (Phi) is 3.12. The molecule has 0 fully saturated rings. The minimum Gasteiger partial charge on any atom is -0.340 e. The van der Waals surface area contributed by atoms with Crippen molar-refractivity contribution in [3.63, 3.8) is 0 Å². The highest BCUT2D eigenvalue weighted by molar-refractivity contribution is 6.33. The summed E-state index contributed by atoms with van der Waals surface area (Å²) in [6.07, 6.45) is 1.89. The third-order valence-corrected chi connectivity index (χ3v) is 4.31. The van der Waals surface area contributed by atoms with Crippen LogP contribution in [-0.2, 0) is 0 Å². The summed E-state index contributed by atoms with van der Waals surface area (Å²) in [6.45, 7) is 2.72. The zero-order valence-corrected chi connectivity index (χ0v) is 12.9. The smallest absolute Gasteiger partial charge is 0.132 e. The van der Waals surface area contributed by atoms with Gasteiger partial charge in [-0.25, -0.2) is 4.99 Å². The molecule has 2 aliphatic heterocycles. The van der Waals surface area contributed by atoms with E-state index in [1.54, 1.807) is 0 Å². The van der Waals surface area contributed by atoms with Gasteiger partial charge in [0.05, 0.1) is 35.0 Å². The highest BCUT2D eigenvalue weighted by Crippen LogP contribution is 2.35. The summed E-state index contributed by atoms with van der Waals surface area (Å²) in [4.78, 5) is 11.4. The predicted octanol–water partition coefficient (Wildman–Crippen LogP) is 4.02. The fourth-order valence-electron chi connectivity index (χ4n) is 2.87. The van der Waals surface area contributed by atoms with Gasteiger partial charge >= 0.3 is 0 Å². The molecular weight excluding hydrogens is 296 g/mol. The quantitative estimate of drug-likeness (QED) is 0.864. The molecular formula is C17H15ClN4. The zero-order valence-electron chi connectivity index (χ0n) is 12.1. The molecule has 2 aromatic rings. The van der Waals surface area contributed by atoms with Crippen molar-refractivity contribution in [2.75, 3.05) is 16.8 Å². The highest BCUT2D eigenvalue weighted by Gasteiger charge is 2.33. The first kappa shape index (κ1) is 13.3. The van der Waals surface area contributed by atoms with E-state index in [1.807, 2.05) is 49.7 Å². The van der Waals surface area contributed by atoms with Crippen LogP contribution in [-0.4, -0.2) is 24.8 Å². The number of halogens is 1. The fourth-order valence-corrected chi connectivity index (χ4v) is 3.13. The summed E-state index contributed by atoms with van der Waals surface area (Å²) in [6, 6.07) is 14.1. The summed E-state index contributed by atoms with van der Waals surface area (Å²) in [5.74, 6) is 0.882. The number of nitrogens with zero attached hydrogens (tertiary/aromatic N) is 3. The standard InChI is InChI=1S/C17H15ClN4/c1-11-5-4-6-12(18)16(11)21-17-15-9-19-10-22(15)14-8-3-2-7-13(14)20-17/h2-8,10,15H,9H2,1H3,(H,20,21). The topological polar surface area (TPSA) is 40.0 Å². The number of para-hydroxylation sites is 3. The Hall–Kier alpha value is -2.33. The van der Waals surface area contributed by atoms with Crippen molar-refractivity contribution in [3.05, 3.63) is 53.1 Å². The van der Waals surface area contributed by atoms with Crippen LogP contribution in [0.2, 0.25) is 5.02 Å². The molecule has 1 atom stereocenters. The maximum Gasteiger partial charge on any atom is 0.132 e. The zero-order chi connectivity index (χ0) is 15.1. The molecule has 22 heavy (non-hydrogen) atoms. The van der Waals surface area contributed by atoms with Crippen LogP contribution in [0.3, 0.4) is 0 Å². The maximum absolute atomic E-state index is 6.31. The molecule has 0 spiro atoms. The largest absolute Gasteiger partial charge is 0.340 e. The first-order chi connectivity index (χ1) is 10.7. The van der Waals surface area contributed by atoms with Crippen molar-refractivity contribution in [2.45, 2.75) is 13.0 Å². The number of fused-ring (bicyclic) bond motifs is 3. The van der Waals surface area contributed by atoms with E-state index in [0.717, 1.165) is 28.5 Å². The molecule has 2 heterocycles. The maximum atomic E-state index is 6.31. The van der Waals surface area contributed by atoms with Crippen molar-refractivity contribution in [1.82, 2.24) is 0 Å². The third-order valence-electron chi connectivity index (χ3n) is 4.00. The van der Waals surface area contributed by atoms with Crippen molar-refractivity contribution in [2.24, 2.45) is 9.98 Å². The molecule has 1 unspecified atom stereocenters. The minimum absolute atomic E-state index is 0.102. The lowest BCUT2D eigenvalue weighted by atomic mass is 10.1. The van der Waals surface area contributed by atoms with E-state index in [4.69, 9.17) is 16.6 Å². The summed E-state index contributed by atoms with van der Waals surface area (Å²) in [7, 11) is 0.